The Morgan fingerprint density at radius 1 is 1.17 bits per heavy atom. The van der Waals surface area contributed by atoms with Crippen LogP contribution in [0.5, 0.6) is 0 Å². The van der Waals surface area contributed by atoms with Gasteiger partial charge in [0, 0.05) is 43.9 Å². The number of hydrogen-bond acceptors (Lipinski definition) is 5. The maximum Gasteiger partial charge on any atom is 0.242 e. The van der Waals surface area contributed by atoms with E-state index >= 15 is 0 Å². The molecule has 1 aromatic carbocycles. The average molecular weight is 419 g/mol. The van der Waals surface area contributed by atoms with Crippen molar-refractivity contribution in [1.29, 1.82) is 0 Å². The molecule has 1 aliphatic rings. The van der Waals surface area contributed by atoms with Crippen LogP contribution in [-0.4, -0.2) is 61.5 Å². The molecule has 0 radical (unpaired) electrons. The van der Waals surface area contributed by atoms with Crippen molar-refractivity contribution in [2.45, 2.75) is 20.4 Å². The molecule has 2 aromatic rings. The standard InChI is InChI=1S/C20H27ClN6O2/c1-14-15(2)29-18(25-14)12-23-20(22-3)24-13-19(28)27-10-8-26(9-11-27)17-6-4-16(21)5-7-17/h4-7H,8-13H2,1-3H3,(H2,22,23,24). The molecule has 1 fully saturated rings. The van der Waals surface area contributed by atoms with Gasteiger partial charge >= 0.3 is 0 Å². The van der Waals surface area contributed by atoms with Crippen molar-refractivity contribution >= 4 is 29.2 Å². The molecular formula is C20H27ClN6O2. The molecule has 156 valence electrons. The number of halogens is 1. The molecule has 1 amide bonds. The fraction of sp³-hybridized carbons (Fsp3) is 0.450. The Morgan fingerprint density at radius 2 is 1.86 bits per heavy atom. The monoisotopic (exact) mass is 418 g/mol. The van der Waals surface area contributed by atoms with Crippen LogP contribution in [0.15, 0.2) is 33.7 Å². The predicted octanol–water partition coefficient (Wildman–Crippen LogP) is 1.96. The van der Waals surface area contributed by atoms with E-state index in [-0.39, 0.29) is 12.5 Å². The van der Waals surface area contributed by atoms with Crippen LogP contribution in [0.3, 0.4) is 0 Å². The van der Waals surface area contributed by atoms with Crippen molar-refractivity contribution in [1.82, 2.24) is 20.5 Å². The van der Waals surface area contributed by atoms with Gasteiger partial charge in [-0.2, -0.15) is 0 Å². The number of benzene rings is 1. The Morgan fingerprint density at radius 3 is 2.45 bits per heavy atom. The van der Waals surface area contributed by atoms with Gasteiger partial charge in [0.25, 0.3) is 0 Å². The van der Waals surface area contributed by atoms with Gasteiger partial charge in [0.15, 0.2) is 5.96 Å². The van der Waals surface area contributed by atoms with Crippen molar-refractivity contribution in [3.8, 4) is 0 Å². The van der Waals surface area contributed by atoms with Crippen molar-refractivity contribution in [2.75, 3.05) is 44.7 Å². The Kier molecular flexibility index (Phi) is 6.98. The van der Waals surface area contributed by atoms with Gasteiger partial charge < -0.3 is 24.9 Å². The predicted molar refractivity (Wildman–Crippen MR) is 114 cm³/mol. The highest BCUT2D eigenvalue weighted by atomic mass is 35.5. The van der Waals surface area contributed by atoms with E-state index in [0.29, 0.717) is 31.5 Å². The number of piperazine rings is 1. The number of nitrogens with zero attached hydrogens (tertiary/aromatic N) is 4. The van der Waals surface area contributed by atoms with E-state index in [4.69, 9.17) is 16.0 Å². The summed E-state index contributed by atoms with van der Waals surface area (Å²) in [6.45, 7) is 7.33. The summed E-state index contributed by atoms with van der Waals surface area (Å²) >= 11 is 5.95. The third-order valence-electron chi connectivity index (χ3n) is 4.93. The van der Waals surface area contributed by atoms with Gasteiger partial charge in [-0.05, 0) is 38.1 Å². The fourth-order valence-corrected chi connectivity index (χ4v) is 3.26. The maximum atomic E-state index is 12.5. The number of hydrogen-bond donors (Lipinski definition) is 2. The molecule has 1 aromatic heterocycles. The molecule has 3 rings (SSSR count). The molecular weight excluding hydrogens is 392 g/mol. The molecule has 1 aliphatic heterocycles. The molecule has 0 spiro atoms. The molecule has 0 aliphatic carbocycles. The zero-order valence-corrected chi connectivity index (χ0v) is 17.8. The van der Waals surface area contributed by atoms with Gasteiger partial charge in [-0.15, -0.1) is 0 Å². The molecule has 0 bridgehead atoms. The summed E-state index contributed by atoms with van der Waals surface area (Å²) < 4.78 is 5.54. The lowest BCUT2D eigenvalue weighted by molar-refractivity contribution is -0.130. The van der Waals surface area contributed by atoms with Crippen molar-refractivity contribution < 1.29 is 9.21 Å². The van der Waals surface area contributed by atoms with Crippen molar-refractivity contribution in [2.24, 2.45) is 4.99 Å². The van der Waals surface area contributed by atoms with E-state index in [1.807, 2.05) is 43.0 Å². The number of carbonyl (C=O) groups excluding carboxylic acids is 1. The minimum Gasteiger partial charge on any atom is -0.444 e. The lowest BCUT2D eigenvalue weighted by Gasteiger charge is -2.36. The number of aryl methyl sites for hydroxylation is 2. The summed E-state index contributed by atoms with van der Waals surface area (Å²) in [4.78, 5) is 25.1. The van der Waals surface area contributed by atoms with Gasteiger partial charge in [0.05, 0.1) is 18.8 Å². The van der Waals surface area contributed by atoms with Crippen molar-refractivity contribution in [3.63, 3.8) is 0 Å². The van der Waals surface area contributed by atoms with Gasteiger partial charge in [0.2, 0.25) is 11.8 Å². The van der Waals surface area contributed by atoms with Crippen LogP contribution in [0.25, 0.3) is 0 Å². The van der Waals surface area contributed by atoms with Crippen LogP contribution in [0.1, 0.15) is 17.3 Å². The topological polar surface area (TPSA) is 86.0 Å². The third kappa shape index (κ3) is 5.63. The minimum absolute atomic E-state index is 0.0477. The Bertz CT molecular complexity index is 837. The lowest BCUT2D eigenvalue weighted by Crippen LogP contribution is -2.52. The molecule has 1 saturated heterocycles. The summed E-state index contributed by atoms with van der Waals surface area (Å²) in [5, 5.41) is 6.89. The molecule has 0 atom stereocenters. The smallest absolute Gasteiger partial charge is 0.242 e. The maximum absolute atomic E-state index is 12.5. The number of guanidine groups is 1. The van der Waals surface area contributed by atoms with Gasteiger partial charge in [-0.3, -0.25) is 9.79 Å². The molecule has 0 saturated carbocycles. The average Bonchev–Trinajstić information content (AvgIpc) is 3.06. The first-order valence-corrected chi connectivity index (χ1v) is 10.00. The first-order chi connectivity index (χ1) is 14.0. The normalized spacial score (nSPS) is 14.8. The molecule has 9 heteroatoms. The number of aliphatic imine (C=N–C) groups is 1. The molecule has 8 nitrogen and oxygen atoms in total. The summed E-state index contributed by atoms with van der Waals surface area (Å²) in [7, 11) is 1.66. The highest BCUT2D eigenvalue weighted by molar-refractivity contribution is 6.30. The second kappa shape index (κ2) is 9.65. The number of amides is 1. The number of oxazole rings is 1. The van der Waals surface area contributed by atoms with E-state index in [0.717, 1.165) is 35.3 Å². The Balaban J connectivity index is 1.42. The van der Waals surface area contributed by atoms with E-state index in [1.54, 1.807) is 7.05 Å². The van der Waals surface area contributed by atoms with Gasteiger partial charge in [-0.1, -0.05) is 11.6 Å². The number of nitrogens with one attached hydrogen (secondary N) is 2. The van der Waals surface area contributed by atoms with Crippen molar-refractivity contribution in [3.05, 3.63) is 46.6 Å². The second-order valence-corrected chi connectivity index (χ2v) is 7.31. The minimum atomic E-state index is 0.0477. The summed E-state index contributed by atoms with van der Waals surface area (Å²) in [6, 6.07) is 7.79. The van der Waals surface area contributed by atoms with Crippen LogP contribution in [0.2, 0.25) is 5.02 Å². The highest BCUT2D eigenvalue weighted by Crippen LogP contribution is 2.19. The number of rotatable bonds is 5. The number of carbonyl (C=O) groups is 1. The van der Waals surface area contributed by atoms with E-state index in [2.05, 4.69) is 25.5 Å². The number of aromatic nitrogens is 1. The quantitative estimate of drug-likeness (QED) is 0.570. The van der Waals surface area contributed by atoms with Crippen LogP contribution in [0, 0.1) is 13.8 Å². The highest BCUT2D eigenvalue weighted by Gasteiger charge is 2.21. The molecule has 0 unspecified atom stereocenters. The third-order valence-corrected chi connectivity index (χ3v) is 5.19. The molecule has 2 heterocycles. The van der Waals surface area contributed by atoms with E-state index < -0.39 is 0 Å². The summed E-state index contributed by atoms with van der Waals surface area (Å²) in [5.74, 6) is 1.98. The zero-order chi connectivity index (χ0) is 20.8. The molecule has 29 heavy (non-hydrogen) atoms. The van der Waals surface area contributed by atoms with E-state index in [9.17, 15) is 4.79 Å². The SMILES string of the molecule is CN=C(NCC(=O)N1CCN(c2ccc(Cl)cc2)CC1)NCc1nc(C)c(C)o1. The van der Waals surface area contributed by atoms with Crippen LogP contribution < -0.4 is 15.5 Å². The second-order valence-electron chi connectivity index (χ2n) is 6.87. The van der Waals surface area contributed by atoms with Gasteiger partial charge in [-0.25, -0.2) is 4.98 Å². The summed E-state index contributed by atoms with van der Waals surface area (Å²) in [5.41, 5.74) is 2.00. The lowest BCUT2D eigenvalue weighted by atomic mass is 10.2. The van der Waals surface area contributed by atoms with E-state index in [1.165, 1.54) is 0 Å². The first-order valence-electron chi connectivity index (χ1n) is 9.62. The van der Waals surface area contributed by atoms with Crippen LogP contribution >= 0.6 is 11.6 Å². The van der Waals surface area contributed by atoms with Gasteiger partial charge in [0.1, 0.15) is 5.76 Å². The number of anilines is 1. The zero-order valence-electron chi connectivity index (χ0n) is 17.0. The van der Waals surface area contributed by atoms with Crippen LogP contribution in [0.4, 0.5) is 5.69 Å². The summed E-state index contributed by atoms with van der Waals surface area (Å²) in [6.07, 6.45) is 0. The van der Waals surface area contributed by atoms with Crippen LogP contribution in [-0.2, 0) is 11.3 Å². The largest absolute Gasteiger partial charge is 0.444 e. The Labute approximate surface area is 175 Å². The first kappa shape index (κ1) is 21.0. The molecule has 2 N–H and O–H groups in total. The fourth-order valence-electron chi connectivity index (χ4n) is 3.13. The Hall–Kier alpha value is -2.74.